The molecule has 2 aromatic carbocycles. The Morgan fingerprint density at radius 3 is 2.38 bits per heavy atom. The molecule has 2 aromatic rings. The van der Waals surface area contributed by atoms with Crippen LogP contribution in [-0.4, -0.2) is 11.5 Å². The number of rotatable bonds is 7. The molecule has 0 aromatic heterocycles. The van der Waals surface area contributed by atoms with E-state index in [1.807, 2.05) is 69.3 Å². The second kappa shape index (κ2) is 8.08. The van der Waals surface area contributed by atoms with Crippen LogP contribution in [0.5, 0.6) is 0 Å². The van der Waals surface area contributed by atoms with Gasteiger partial charge in [0, 0.05) is 6.54 Å². The number of ether oxygens (including phenoxy) is 1. The Bertz CT molecular complexity index is 663. The SMILES string of the molecule is CC(C)(C)OCc1cccc(CNC(C(N)=O)c2ccccc2)c1. The quantitative estimate of drug-likeness (QED) is 0.820. The van der Waals surface area contributed by atoms with Gasteiger partial charge in [-0.3, -0.25) is 10.1 Å². The minimum absolute atomic E-state index is 0.168. The van der Waals surface area contributed by atoms with Crippen molar-refractivity contribution in [2.24, 2.45) is 5.73 Å². The molecule has 3 N–H and O–H groups in total. The number of hydrogen-bond acceptors (Lipinski definition) is 3. The summed E-state index contributed by atoms with van der Waals surface area (Å²) in [6, 6.07) is 17.2. The van der Waals surface area contributed by atoms with Crippen molar-refractivity contribution in [2.75, 3.05) is 0 Å². The third kappa shape index (κ3) is 5.80. The third-order valence-electron chi connectivity index (χ3n) is 3.59. The van der Waals surface area contributed by atoms with Crippen LogP contribution in [0.3, 0.4) is 0 Å². The molecule has 0 spiro atoms. The number of hydrogen-bond donors (Lipinski definition) is 2. The molecule has 0 aliphatic heterocycles. The first-order valence-corrected chi connectivity index (χ1v) is 8.14. The summed E-state index contributed by atoms with van der Waals surface area (Å²) in [7, 11) is 0. The van der Waals surface area contributed by atoms with Crippen LogP contribution in [0, 0.1) is 0 Å². The van der Waals surface area contributed by atoms with Crippen molar-refractivity contribution >= 4 is 5.91 Å². The summed E-state index contributed by atoms with van der Waals surface area (Å²) in [6.07, 6.45) is 0. The smallest absolute Gasteiger partial charge is 0.239 e. The van der Waals surface area contributed by atoms with Gasteiger partial charge >= 0.3 is 0 Å². The Kier molecular flexibility index (Phi) is 6.12. The van der Waals surface area contributed by atoms with E-state index in [0.29, 0.717) is 13.2 Å². The largest absolute Gasteiger partial charge is 0.371 e. The lowest BCUT2D eigenvalue weighted by atomic mass is 10.1. The van der Waals surface area contributed by atoms with E-state index in [-0.39, 0.29) is 11.5 Å². The molecule has 128 valence electrons. The molecule has 24 heavy (non-hydrogen) atoms. The molecule has 1 atom stereocenters. The maximum absolute atomic E-state index is 11.7. The Morgan fingerprint density at radius 1 is 1.08 bits per heavy atom. The topological polar surface area (TPSA) is 64.3 Å². The lowest BCUT2D eigenvalue weighted by Gasteiger charge is -2.20. The third-order valence-corrected chi connectivity index (χ3v) is 3.59. The molecule has 0 fully saturated rings. The van der Waals surface area contributed by atoms with Crippen molar-refractivity contribution in [2.45, 2.75) is 45.6 Å². The van der Waals surface area contributed by atoms with E-state index < -0.39 is 6.04 Å². The molecule has 0 bridgehead atoms. The Hall–Kier alpha value is -2.17. The highest BCUT2D eigenvalue weighted by molar-refractivity contribution is 5.81. The molecule has 4 nitrogen and oxygen atoms in total. The molecule has 0 aliphatic carbocycles. The monoisotopic (exact) mass is 326 g/mol. The molecule has 0 radical (unpaired) electrons. The predicted octanol–water partition coefficient (Wildman–Crippen LogP) is 3.32. The van der Waals surface area contributed by atoms with Gasteiger partial charge in [-0.1, -0.05) is 54.6 Å². The van der Waals surface area contributed by atoms with Crippen LogP contribution in [-0.2, 0) is 22.7 Å². The van der Waals surface area contributed by atoms with Crippen LogP contribution in [0.15, 0.2) is 54.6 Å². The number of nitrogens with two attached hydrogens (primary N) is 1. The molecular weight excluding hydrogens is 300 g/mol. The molecule has 1 unspecified atom stereocenters. The average Bonchev–Trinajstić information content (AvgIpc) is 2.54. The van der Waals surface area contributed by atoms with Crippen molar-refractivity contribution in [3.05, 3.63) is 71.3 Å². The Balaban J connectivity index is 2.01. The van der Waals surface area contributed by atoms with Gasteiger partial charge in [-0.25, -0.2) is 0 Å². The normalized spacial score (nSPS) is 12.8. The van der Waals surface area contributed by atoms with Gasteiger partial charge < -0.3 is 10.5 Å². The fourth-order valence-corrected chi connectivity index (χ4v) is 2.38. The molecule has 0 saturated carbocycles. The van der Waals surface area contributed by atoms with E-state index >= 15 is 0 Å². The number of nitrogens with one attached hydrogen (secondary N) is 1. The maximum atomic E-state index is 11.7. The van der Waals surface area contributed by atoms with Gasteiger partial charge in [-0.05, 0) is 37.5 Å². The standard InChI is InChI=1S/C20H26N2O2/c1-20(2,3)24-14-16-9-7-8-15(12-16)13-22-18(19(21)23)17-10-5-4-6-11-17/h4-12,18,22H,13-14H2,1-3H3,(H2,21,23). The van der Waals surface area contributed by atoms with Crippen LogP contribution in [0.1, 0.15) is 43.5 Å². The maximum Gasteiger partial charge on any atom is 0.239 e. The van der Waals surface area contributed by atoms with Crippen LogP contribution in [0.2, 0.25) is 0 Å². The van der Waals surface area contributed by atoms with Gasteiger partial charge in [0.1, 0.15) is 6.04 Å². The van der Waals surface area contributed by atoms with E-state index in [9.17, 15) is 4.79 Å². The molecule has 0 heterocycles. The van der Waals surface area contributed by atoms with Crippen LogP contribution >= 0.6 is 0 Å². The van der Waals surface area contributed by atoms with Gasteiger partial charge in [0.2, 0.25) is 5.91 Å². The first kappa shape index (κ1) is 18.2. The highest BCUT2D eigenvalue weighted by atomic mass is 16.5. The predicted molar refractivity (Wildman–Crippen MR) is 96.2 cm³/mol. The van der Waals surface area contributed by atoms with Gasteiger partial charge in [0.25, 0.3) is 0 Å². The van der Waals surface area contributed by atoms with Gasteiger partial charge in [-0.15, -0.1) is 0 Å². The summed E-state index contributed by atoms with van der Waals surface area (Å²) in [4.78, 5) is 11.7. The molecule has 4 heteroatoms. The fourth-order valence-electron chi connectivity index (χ4n) is 2.38. The van der Waals surface area contributed by atoms with Crippen molar-refractivity contribution in [3.8, 4) is 0 Å². The van der Waals surface area contributed by atoms with Crippen molar-refractivity contribution in [3.63, 3.8) is 0 Å². The summed E-state index contributed by atoms with van der Waals surface area (Å²) in [6.45, 7) is 7.24. The molecule has 2 rings (SSSR count). The number of carbonyl (C=O) groups excluding carboxylic acids is 1. The molecule has 0 saturated heterocycles. The van der Waals surface area contributed by atoms with Crippen molar-refractivity contribution in [1.82, 2.24) is 5.32 Å². The Labute approximate surface area is 144 Å². The van der Waals surface area contributed by atoms with Gasteiger partial charge in [0.05, 0.1) is 12.2 Å². The second-order valence-electron chi connectivity index (χ2n) is 6.85. The van der Waals surface area contributed by atoms with Crippen molar-refractivity contribution < 1.29 is 9.53 Å². The van der Waals surface area contributed by atoms with Crippen LogP contribution in [0.25, 0.3) is 0 Å². The van der Waals surface area contributed by atoms with Crippen molar-refractivity contribution in [1.29, 1.82) is 0 Å². The molecule has 1 amide bonds. The summed E-state index contributed by atoms with van der Waals surface area (Å²) >= 11 is 0. The van der Waals surface area contributed by atoms with Crippen LogP contribution < -0.4 is 11.1 Å². The van der Waals surface area contributed by atoms with E-state index in [4.69, 9.17) is 10.5 Å². The number of primary amides is 1. The summed E-state index contributed by atoms with van der Waals surface area (Å²) < 4.78 is 5.81. The zero-order valence-corrected chi connectivity index (χ0v) is 14.6. The highest BCUT2D eigenvalue weighted by Gasteiger charge is 2.16. The lowest BCUT2D eigenvalue weighted by molar-refractivity contribution is -0.120. The minimum atomic E-state index is -0.499. The second-order valence-corrected chi connectivity index (χ2v) is 6.85. The average molecular weight is 326 g/mol. The first-order chi connectivity index (χ1) is 11.3. The Morgan fingerprint density at radius 2 is 1.75 bits per heavy atom. The fraction of sp³-hybridized carbons (Fsp3) is 0.350. The summed E-state index contributed by atoms with van der Waals surface area (Å²) in [5.41, 5.74) is 8.44. The minimum Gasteiger partial charge on any atom is -0.371 e. The van der Waals surface area contributed by atoms with E-state index in [2.05, 4.69) is 11.4 Å². The van der Waals surface area contributed by atoms with Gasteiger partial charge in [-0.2, -0.15) is 0 Å². The zero-order valence-electron chi connectivity index (χ0n) is 14.6. The number of carbonyl (C=O) groups is 1. The van der Waals surface area contributed by atoms with E-state index in [1.54, 1.807) is 0 Å². The molecular formula is C20H26N2O2. The van der Waals surface area contributed by atoms with E-state index in [0.717, 1.165) is 16.7 Å². The van der Waals surface area contributed by atoms with E-state index in [1.165, 1.54) is 0 Å². The number of benzene rings is 2. The highest BCUT2D eigenvalue weighted by Crippen LogP contribution is 2.15. The zero-order chi connectivity index (χ0) is 17.6. The lowest BCUT2D eigenvalue weighted by Crippen LogP contribution is -2.33. The molecule has 0 aliphatic rings. The summed E-state index contributed by atoms with van der Waals surface area (Å²) in [5.74, 6) is -0.381. The van der Waals surface area contributed by atoms with Crippen LogP contribution in [0.4, 0.5) is 0 Å². The van der Waals surface area contributed by atoms with Gasteiger partial charge in [0.15, 0.2) is 0 Å². The first-order valence-electron chi connectivity index (χ1n) is 8.14. The number of amides is 1. The summed E-state index contributed by atoms with van der Waals surface area (Å²) in [5, 5.41) is 3.24.